The summed E-state index contributed by atoms with van der Waals surface area (Å²) in [6, 6.07) is 0. The third kappa shape index (κ3) is 5.82. The minimum Gasteiger partial charge on any atom is -0.330 e. The van der Waals surface area contributed by atoms with Crippen molar-refractivity contribution < 1.29 is 8.42 Å². The molecular formula is C9H19NO2S. The third-order valence-corrected chi connectivity index (χ3v) is 3.25. The van der Waals surface area contributed by atoms with Crippen LogP contribution in [0.15, 0.2) is 12.7 Å². The van der Waals surface area contributed by atoms with Crippen molar-refractivity contribution in [2.75, 3.05) is 18.6 Å². The van der Waals surface area contributed by atoms with Gasteiger partial charge in [-0.05, 0) is 18.3 Å². The Labute approximate surface area is 80.9 Å². The molecule has 0 aromatic carbocycles. The van der Waals surface area contributed by atoms with Crippen LogP contribution in [0.4, 0.5) is 0 Å². The first kappa shape index (κ1) is 12.7. The summed E-state index contributed by atoms with van der Waals surface area (Å²) >= 11 is 0. The fourth-order valence-corrected chi connectivity index (χ4v) is 1.69. The van der Waals surface area contributed by atoms with E-state index >= 15 is 0 Å². The fraction of sp³-hybridized carbons (Fsp3) is 0.778. The Morgan fingerprint density at radius 3 is 2.38 bits per heavy atom. The molecular weight excluding hydrogens is 186 g/mol. The van der Waals surface area contributed by atoms with Crippen molar-refractivity contribution in [1.82, 2.24) is 0 Å². The van der Waals surface area contributed by atoms with Gasteiger partial charge < -0.3 is 5.73 Å². The van der Waals surface area contributed by atoms with Gasteiger partial charge in [-0.2, -0.15) is 0 Å². The molecule has 0 amide bonds. The minimum atomic E-state index is -2.84. The molecule has 0 bridgehead atoms. The molecule has 0 heterocycles. The van der Waals surface area contributed by atoms with Crippen LogP contribution >= 0.6 is 0 Å². The molecule has 0 aromatic rings. The quantitative estimate of drug-likeness (QED) is 0.657. The second-order valence-corrected chi connectivity index (χ2v) is 6.06. The first-order valence-corrected chi connectivity index (χ1v) is 6.40. The van der Waals surface area contributed by atoms with Gasteiger partial charge in [0.05, 0.1) is 0 Å². The first-order valence-electron chi connectivity index (χ1n) is 4.34. The van der Waals surface area contributed by atoms with E-state index < -0.39 is 9.84 Å². The van der Waals surface area contributed by atoms with Crippen molar-refractivity contribution in [3.05, 3.63) is 12.7 Å². The van der Waals surface area contributed by atoms with Crippen LogP contribution in [0, 0.1) is 5.41 Å². The Morgan fingerprint density at radius 2 is 2.08 bits per heavy atom. The number of hydrogen-bond donors (Lipinski definition) is 1. The third-order valence-electron chi connectivity index (χ3n) is 2.22. The Kier molecular flexibility index (Phi) is 4.64. The van der Waals surface area contributed by atoms with Crippen LogP contribution in [-0.2, 0) is 9.84 Å². The van der Waals surface area contributed by atoms with Crippen LogP contribution < -0.4 is 5.73 Å². The van der Waals surface area contributed by atoms with E-state index in [2.05, 4.69) is 6.58 Å². The maximum Gasteiger partial charge on any atom is 0.147 e. The highest BCUT2D eigenvalue weighted by atomic mass is 32.2. The molecule has 0 fully saturated rings. The summed E-state index contributed by atoms with van der Waals surface area (Å²) in [5.74, 6) is 0.233. The zero-order valence-corrected chi connectivity index (χ0v) is 9.23. The standard InChI is InChI=1S/C9H19NO2S/c1-4-9(2,8-10)6-5-7-13(3,11)12/h4H,1,5-8,10H2,2-3H3. The van der Waals surface area contributed by atoms with E-state index in [4.69, 9.17) is 5.73 Å². The molecule has 0 aliphatic carbocycles. The highest BCUT2D eigenvalue weighted by Gasteiger charge is 2.18. The van der Waals surface area contributed by atoms with Crippen molar-refractivity contribution in [2.45, 2.75) is 19.8 Å². The molecule has 2 N–H and O–H groups in total. The van der Waals surface area contributed by atoms with Crippen LogP contribution in [0.2, 0.25) is 0 Å². The number of hydrogen-bond acceptors (Lipinski definition) is 3. The summed E-state index contributed by atoms with van der Waals surface area (Å²) in [4.78, 5) is 0. The number of nitrogens with two attached hydrogens (primary N) is 1. The van der Waals surface area contributed by atoms with Crippen molar-refractivity contribution in [2.24, 2.45) is 11.1 Å². The molecule has 0 saturated carbocycles. The van der Waals surface area contributed by atoms with Gasteiger partial charge in [-0.15, -0.1) is 6.58 Å². The smallest absolute Gasteiger partial charge is 0.147 e. The molecule has 13 heavy (non-hydrogen) atoms. The van der Waals surface area contributed by atoms with Gasteiger partial charge in [-0.1, -0.05) is 13.0 Å². The van der Waals surface area contributed by atoms with E-state index in [0.717, 1.165) is 6.42 Å². The monoisotopic (exact) mass is 205 g/mol. The lowest BCUT2D eigenvalue weighted by molar-refractivity contribution is 0.400. The van der Waals surface area contributed by atoms with Crippen LogP contribution in [0.25, 0.3) is 0 Å². The maximum atomic E-state index is 10.8. The van der Waals surface area contributed by atoms with Gasteiger partial charge in [-0.3, -0.25) is 0 Å². The lowest BCUT2D eigenvalue weighted by atomic mass is 9.86. The van der Waals surface area contributed by atoms with Crippen LogP contribution in [0.5, 0.6) is 0 Å². The predicted octanol–water partition coefficient (Wildman–Crippen LogP) is 0.962. The van der Waals surface area contributed by atoms with Crippen molar-refractivity contribution in [3.63, 3.8) is 0 Å². The molecule has 0 rings (SSSR count). The van der Waals surface area contributed by atoms with Gasteiger partial charge in [0.1, 0.15) is 9.84 Å². The Balaban J connectivity index is 3.95. The fourth-order valence-electron chi connectivity index (χ4n) is 1.03. The molecule has 4 heteroatoms. The molecule has 0 saturated heterocycles. The highest BCUT2D eigenvalue weighted by molar-refractivity contribution is 7.90. The minimum absolute atomic E-state index is 0.120. The van der Waals surface area contributed by atoms with E-state index in [1.54, 1.807) is 6.08 Å². The second kappa shape index (κ2) is 4.77. The van der Waals surface area contributed by atoms with E-state index in [0.29, 0.717) is 13.0 Å². The average Bonchev–Trinajstić information content (AvgIpc) is 2.02. The van der Waals surface area contributed by atoms with Crippen molar-refractivity contribution >= 4 is 9.84 Å². The van der Waals surface area contributed by atoms with E-state index in [-0.39, 0.29) is 11.2 Å². The Bertz CT molecular complexity index is 259. The summed E-state index contributed by atoms with van der Waals surface area (Å²) in [7, 11) is -2.84. The van der Waals surface area contributed by atoms with Gasteiger partial charge in [0.2, 0.25) is 0 Å². The summed E-state index contributed by atoms with van der Waals surface area (Å²) in [5, 5.41) is 0. The Hall–Kier alpha value is -0.350. The summed E-state index contributed by atoms with van der Waals surface area (Å²) < 4.78 is 21.7. The highest BCUT2D eigenvalue weighted by Crippen LogP contribution is 2.22. The molecule has 0 aliphatic heterocycles. The van der Waals surface area contributed by atoms with Gasteiger partial charge in [0.15, 0.2) is 0 Å². The number of rotatable bonds is 6. The maximum absolute atomic E-state index is 10.8. The van der Waals surface area contributed by atoms with Gasteiger partial charge in [-0.25, -0.2) is 8.42 Å². The molecule has 0 aliphatic rings. The van der Waals surface area contributed by atoms with E-state index in [1.165, 1.54) is 6.26 Å². The lowest BCUT2D eigenvalue weighted by Gasteiger charge is -2.22. The molecule has 1 unspecified atom stereocenters. The molecule has 0 aromatic heterocycles. The summed E-state index contributed by atoms with van der Waals surface area (Å²) in [5.41, 5.74) is 5.43. The van der Waals surface area contributed by atoms with Crippen LogP contribution in [0.3, 0.4) is 0 Å². The van der Waals surface area contributed by atoms with Crippen LogP contribution in [-0.4, -0.2) is 27.0 Å². The lowest BCUT2D eigenvalue weighted by Crippen LogP contribution is -2.25. The second-order valence-electron chi connectivity index (χ2n) is 3.80. The largest absolute Gasteiger partial charge is 0.330 e. The van der Waals surface area contributed by atoms with Gasteiger partial charge in [0.25, 0.3) is 0 Å². The molecule has 1 atom stereocenters. The molecule has 0 spiro atoms. The predicted molar refractivity (Wildman–Crippen MR) is 56.3 cm³/mol. The van der Waals surface area contributed by atoms with Gasteiger partial charge >= 0.3 is 0 Å². The Morgan fingerprint density at radius 1 is 1.54 bits per heavy atom. The van der Waals surface area contributed by atoms with Crippen LogP contribution in [0.1, 0.15) is 19.8 Å². The van der Waals surface area contributed by atoms with E-state index in [1.807, 2.05) is 6.92 Å². The zero-order valence-electron chi connectivity index (χ0n) is 8.41. The first-order chi connectivity index (χ1) is 5.83. The summed E-state index contributed by atoms with van der Waals surface area (Å²) in [6.45, 7) is 6.19. The topological polar surface area (TPSA) is 60.2 Å². The SMILES string of the molecule is C=CC(C)(CN)CCCS(C)(=O)=O. The van der Waals surface area contributed by atoms with Crippen molar-refractivity contribution in [3.8, 4) is 0 Å². The molecule has 3 nitrogen and oxygen atoms in total. The van der Waals surface area contributed by atoms with E-state index in [9.17, 15) is 8.42 Å². The normalized spacial score (nSPS) is 16.5. The number of sulfone groups is 1. The average molecular weight is 205 g/mol. The molecule has 78 valence electrons. The van der Waals surface area contributed by atoms with Gasteiger partial charge in [0, 0.05) is 18.6 Å². The summed E-state index contributed by atoms with van der Waals surface area (Å²) in [6.07, 6.45) is 4.48. The zero-order chi connectivity index (χ0) is 10.5. The molecule has 0 radical (unpaired) electrons. The van der Waals surface area contributed by atoms with Crippen molar-refractivity contribution in [1.29, 1.82) is 0 Å².